The zero-order valence-corrected chi connectivity index (χ0v) is 8.57. The maximum atomic E-state index is 11.5. The molecule has 1 nitrogen and oxygen atoms in total. The van der Waals surface area contributed by atoms with Gasteiger partial charge in [-0.25, -0.2) is 0 Å². The van der Waals surface area contributed by atoms with Gasteiger partial charge in [0.2, 0.25) is 0 Å². The summed E-state index contributed by atoms with van der Waals surface area (Å²) < 4.78 is 0. The lowest BCUT2D eigenvalue weighted by Crippen LogP contribution is -2.08. The van der Waals surface area contributed by atoms with Crippen LogP contribution in [0, 0.1) is 5.92 Å². The number of aryl methyl sites for hydroxylation is 1. The smallest absolute Gasteiger partial charge is 0.139 e. The van der Waals surface area contributed by atoms with Crippen molar-refractivity contribution in [3.8, 4) is 0 Å². The number of hydrogen-bond acceptors (Lipinski definition) is 1. The molecule has 74 valence electrons. The molecule has 0 saturated heterocycles. The Bertz CT molecular complexity index is 300. The van der Waals surface area contributed by atoms with E-state index in [-0.39, 0.29) is 11.7 Å². The predicted octanol–water partition coefficient (Wildman–Crippen LogP) is 3.01. The van der Waals surface area contributed by atoms with E-state index >= 15 is 0 Å². The summed E-state index contributed by atoms with van der Waals surface area (Å²) in [5.41, 5.74) is 1.22. The largest absolute Gasteiger partial charge is 0.299 e. The summed E-state index contributed by atoms with van der Waals surface area (Å²) in [6.07, 6.45) is 3.14. The Morgan fingerprint density at radius 1 is 1.43 bits per heavy atom. The van der Waals surface area contributed by atoms with Gasteiger partial charge in [0.25, 0.3) is 0 Å². The van der Waals surface area contributed by atoms with Crippen LogP contribution in [-0.2, 0) is 11.2 Å². The highest BCUT2D eigenvalue weighted by atomic mass is 16.1. The second-order valence-corrected chi connectivity index (χ2v) is 3.48. The molecule has 0 aliphatic rings. The lowest BCUT2D eigenvalue weighted by Gasteiger charge is -2.04. The van der Waals surface area contributed by atoms with E-state index < -0.39 is 0 Å². The van der Waals surface area contributed by atoms with Crippen LogP contribution in [0.5, 0.6) is 0 Å². The van der Waals surface area contributed by atoms with Crippen molar-refractivity contribution in [3.05, 3.63) is 48.6 Å². The number of rotatable bonds is 5. The van der Waals surface area contributed by atoms with Gasteiger partial charge in [0.1, 0.15) is 5.78 Å². The fourth-order valence-corrected chi connectivity index (χ4v) is 1.27. The second-order valence-electron chi connectivity index (χ2n) is 3.48. The highest BCUT2D eigenvalue weighted by molar-refractivity contribution is 5.82. The van der Waals surface area contributed by atoms with Crippen LogP contribution in [0.25, 0.3) is 0 Å². The van der Waals surface area contributed by atoms with E-state index in [1.807, 2.05) is 37.3 Å². The molecule has 0 aromatic heterocycles. The normalized spacial score (nSPS) is 12.1. The molecule has 0 aliphatic heterocycles. The van der Waals surface area contributed by atoms with Gasteiger partial charge < -0.3 is 0 Å². The van der Waals surface area contributed by atoms with Crippen LogP contribution in [0.2, 0.25) is 0 Å². The molecule has 0 unspecified atom stereocenters. The average molecular weight is 188 g/mol. The van der Waals surface area contributed by atoms with Gasteiger partial charge in [0, 0.05) is 12.3 Å². The monoisotopic (exact) mass is 188 g/mol. The highest BCUT2D eigenvalue weighted by Crippen LogP contribution is 2.07. The highest BCUT2D eigenvalue weighted by Gasteiger charge is 2.08. The molecule has 1 atom stereocenters. The molecule has 1 aromatic carbocycles. The summed E-state index contributed by atoms with van der Waals surface area (Å²) in [4.78, 5) is 11.5. The van der Waals surface area contributed by atoms with Crippen molar-refractivity contribution < 1.29 is 4.79 Å². The van der Waals surface area contributed by atoms with E-state index in [4.69, 9.17) is 0 Å². The lowest BCUT2D eigenvalue weighted by molar-refractivity contribution is -0.121. The Balaban J connectivity index is 2.42. The van der Waals surface area contributed by atoms with Gasteiger partial charge in [-0.15, -0.1) is 6.58 Å². The van der Waals surface area contributed by atoms with Crippen molar-refractivity contribution in [2.45, 2.75) is 19.8 Å². The van der Waals surface area contributed by atoms with E-state index in [2.05, 4.69) is 6.58 Å². The SMILES string of the molecule is C=C[C@H](C)C(=O)CCc1ccccc1. The fraction of sp³-hybridized carbons (Fsp3) is 0.308. The van der Waals surface area contributed by atoms with Crippen molar-refractivity contribution in [1.29, 1.82) is 0 Å². The Labute approximate surface area is 85.5 Å². The van der Waals surface area contributed by atoms with Crippen molar-refractivity contribution in [1.82, 2.24) is 0 Å². The van der Waals surface area contributed by atoms with Crippen LogP contribution in [-0.4, -0.2) is 5.78 Å². The van der Waals surface area contributed by atoms with Crippen LogP contribution < -0.4 is 0 Å². The molecule has 0 aliphatic carbocycles. The second kappa shape index (κ2) is 5.38. The van der Waals surface area contributed by atoms with Gasteiger partial charge in [-0.3, -0.25) is 4.79 Å². The Morgan fingerprint density at radius 2 is 2.07 bits per heavy atom. The molecule has 1 heteroatoms. The molecular weight excluding hydrogens is 172 g/mol. The topological polar surface area (TPSA) is 17.1 Å². The molecule has 0 amide bonds. The van der Waals surface area contributed by atoms with Crippen LogP contribution in [0.4, 0.5) is 0 Å². The van der Waals surface area contributed by atoms with Crippen molar-refractivity contribution in [2.24, 2.45) is 5.92 Å². The molecule has 1 rings (SSSR count). The molecule has 0 N–H and O–H groups in total. The summed E-state index contributed by atoms with van der Waals surface area (Å²) in [5, 5.41) is 0. The van der Waals surface area contributed by atoms with Gasteiger partial charge in [-0.2, -0.15) is 0 Å². The van der Waals surface area contributed by atoms with E-state index in [0.717, 1.165) is 6.42 Å². The quantitative estimate of drug-likeness (QED) is 0.649. The van der Waals surface area contributed by atoms with Crippen molar-refractivity contribution in [2.75, 3.05) is 0 Å². The fourth-order valence-electron chi connectivity index (χ4n) is 1.27. The molecule has 14 heavy (non-hydrogen) atoms. The number of Topliss-reactive ketones (excluding diaryl/α,β-unsaturated/α-hetero) is 1. The number of carbonyl (C=O) groups excluding carboxylic acids is 1. The van der Waals surface area contributed by atoms with Crippen LogP contribution in [0.1, 0.15) is 18.9 Å². The summed E-state index contributed by atoms with van der Waals surface area (Å²) in [7, 11) is 0. The molecular formula is C13H16O. The first-order valence-electron chi connectivity index (χ1n) is 4.93. The Hall–Kier alpha value is -1.37. The van der Waals surface area contributed by atoms with Crippen molar-refractivity contribution >= 4 is 5.78 Å². The third kappa shape index (κ3) is 3.17. The molecule has 0 heterocycles. The van der Waals surface area contributed by atoms with E-state index in [1.165, 1.54) is 5.56 Å². The minimum atomic E-state index is -0.0151. The van der Waals surface area contributed by atoms with Gasteiger partial charge in [0.05, 0.1) is 0 Å². The molecule has 0 bridgehead atoms. The van der Waals surface area contributed by atoms with Gasteiger partial charge in [-0.05, 0) is 12.0 Å². The Morgan fingerprint density at radius 3 is 2.64 bits per heavy atom. The summed E-state index contributed by atoms with van der Waals surface area (Å²) in [5.74, 6) is 0.252. The van der Waals surface area contributed by atoms with Crippen LogP contribution in [0.3, 0.4) is 0 Å². The molecule has 0 spiro atoms. The maximum absolute atomic E-state index is 11.5. The van der Waals surface area contributed by atoms with Crippen LogP contribution in [0.15, 0.2) is 43.0 Å². The minimum Gasteiger partial charge on any atom is -0.299 e. The Kier molecular flexibility index (Phi) is 4.11. The standard InChI is InChI=1S/C13H16O/c1-3-11(2)13(14)10-9-12-7-5-4-6-8-12/h3-8,11H,1,9-10H2,2H3/t11-/m0/s1. The third-order valence-corrected chi connectivity index (χ3v) is 2.36. The molecule has 0 saturated carbocycles. The summed E-state index contributed by atoms with van der Waals surface area (Å²) in [6, 6.07) is 10.1. The zero-order valence-electron chi connectivity index (χ0n) is 8.57. The first-order valence-corrected chi connectivity index (χ1v) is 4.93. The molecule has 0 fully saturated rings. The van der Waals surface area contributed by atoms with E-state index in [1.54, 1.807) is 6.08 Å². The first-order chi connectivity index (χ1) is 6.74. The molecule has 1 aromatic rings. The molecule has 0 radical (unpaired) electrons. The predicted molar refractivity (Wildman–Crippen MR) is 59.1 cm³/mol. The number of benzene rings is 1. The van der Waals surface area contributed by atoms with Gasteiger partial charge >= 0.3 is 0 Å². The number of carbonyl (C=O) groups is 1. The number of allylic oxidation sites excluding steroid dienone is 1. The van der Waals surface area contributed by atoms with Gasteiger partial charge in [0.15, 0.2) is 0 Å². The van der Waals surface area contributed by atoms with Crippen molar-refractivity contribution in [3.63, 3.8) is 0 Å². The number of ketones is 1. The first kappa shape index (κ1) is 10.7. The average Bonchev–Trinajstić information content (AvgIpc) is 2.26. The summed E-state index contributed by atoms with van der Waals surface area (Å²) >= 11 is 0. The lowest BCUT2D eigenvalue weighted by atomic mass is 10.00. The van der Waals surface area contributed by atoms with Crippen LogP contribution >= 0.6 is 0 Å². The zero-order chi connectivity index (χ0) is 10.4. The van der Waals surface area contributed by atoms with E-state index in [9.17, 15) is 4.79 Å². The van der Waals surface area contributed by atoms with E-state index in [0.29, 0.717) is 6.42 Å². The maximum Gasteiger partial charge on any atom is 0.139 e. The number of hydrogen-bond donors (Lipinski definition) is 0. The summed E-state index contributed by atoms with van der Waals surface area (Å²) in [6.45, 7) is 5.51. The third-order valence-electron chi connectivity index (χ3n) is 2.36. The van der Waals surface area contributed by atoms with Gasteiger partial charge in [-0.1, -0.05) is 43.3 Å². The minimum absolute atomic E-state index is 0.0151.